The van der Waals surface area contributed by atoms with Crippen molar-refractivity contribution in [2.45, 2.75) is 38.3 Å². The van der Waals surface area contributed by atoms with E-state index in [1.54, 1.807) is 54.6 Å². The number of para-hydroxylation sites is 2. The number of carbonyl (C=O) groups is 3. The largest absolute Gasteiger partial charge is 0.434 e. The van der Waals surface area contributed by atoms with Crippen LogP contribution < -0.4 is 10.6 Å². The second-order valence-electron chi connectivity index (χ2n) is 10.2. The lowest BCUT2D eigenvalue weighted by molar-refractivity contribution is -0.123. The van der Waals surface area contributed by atoms with Gasteiger partial charge in [-0.25, -0.2) is 13.8 Å². The van der Waals surface area contributed by atoms with E-state index >= 15 is 0 Å². The van der Waals surface area contributed by atoms with E-state index in [1.807, 2.05) is 25.1 Å². The van der Waals surface area contributed by atoms with Gasteiger partial charge in [0.15, 0.2) is 5.58 Å². The fourth-order valence-electron chi connectivity index (χ4n) is 4.84. The smallest absolute Gasteiger partial charge is 0.266 e. The summed E-state index contributed by atoms with van der Waals surface area (Å²) in [4.78, 5) is 44.5. The highest BCUT2D eigenvalue weighted by Crippen LogP contribution is 2.27. The Hall–Kier alpha value is -4.89. The van der Waals surface area contributed by atoms with Gasteiger partial charge in [0.25, 0.3) is 11.8 Å². The van der Waals surface area contributed by atoms with Gasteiger partial charge < -0.3 is 15.1 Å². The number of benzene rings is 4. The van der Waals surface area contributed by atoms with Crippen molar-refractivity contribution < 1.29 is 27.6 Å². The zero-order valence-corrected chi connectivity index (χ0v) is 24.4. The van der Waals surface area contributed by atoms with Gasteiger partial charge in [-0.2, -0.15) is 0 Å². The van der Waals surface area contributed by atoms with E-state index in [0.29, 0.717) is 22.5 Å². The maximum atomic E-state index is 14.6. The first-order valence-electron chi connectivity index (χ1n) is 14.0. The quantitative estimate of drug-likeness (QED) is 0.157. The minimum atomic E-state index is -1.42. The summed E-state index contributed by atoms with van der Waals surface area (Å²) in [5, 5.41) is 5.79. The van der Waals surface area contributed by atoms with E-state index in [2.05, 4.69) is 15.6 Å². The number of Topliss-reactive ketones (excluding diaryl/α,β-unsaturated/α-hetero) is 1. The highest BCUT2D eigenvalue weighted by Gasteiger charge is 2.31. The number of oxazole rings is 1. The Balaban J connectivity index is 1.39. The van der Waals surface area contributed by atoms with Gasteiger partial charge >= 0.3 is 0 Å². The van der Waals surface area contributed by atoms with Crippen molar-refractivity contribution in [3.63, 3.8) is 0 Å². The average molecular weight is 616 g/mol. The Morgan fingerprint density at radius 1 is 0.841 bits per heavy atom. The first kappa shape index (κ1) is 30.6. The van der Waals surface area contributed by atoms with Gasteiger partial charge in [-0.1, -0.05) is 73.5 Å². The molecule has 1 heterocycles. The van der Waals surface area contributed by atoms with Gasteiger partial charge in [0.2, 0.25) is 11.7 Å². The Bertz CT molecular complexity index is 1770. The summed E-state index contributed by atoms with van der Waals surface area (Å²) in [5.41, 5.74) is 2.28. The lowest BCUT2D eigenvalue weighted by Crippen LogP contribution is -2.52. The number of amides is 2. The molecular formula is C34H28ClF2N3O4. The number of halogens is 3. The van der Waals surface area contributed by atoms with Gasteiger partial charge in [0, 0.05) is 28.1 Å². The third-order valence-electron chi connectivity index (χ3n) is 7.14. The molecule has 224 valence electrons. The van der Waals surface area contributed by atoms with E-state index in [4.69, 9.17) is 16.0 Å². The van der Waals surface area contributed by atoms with Crippen molar-refractivity contribution in [2.24, 2.45) is 0 Å². The van der Waals surface area contributed by atoms with Crippen LogP contribution in [0.5, 0.6) is 0 Å². The number of aromatic nitrogens is 1. The van der Waals surface area contributed by atoms with Crippen molar-refractivity contribution in [2.75, 3.05) is 0 Å². The van der Waals surface area contributed by atoms with Crippen molar-refractivity contribution in [3.05, 3.63) is 125 Å². The van der Waals surface area contributed by atoms with Gasteiger partial charge in [-0.05, 0) is 54.4 Å². The highest BCUT2D eigenvalue weighted by atomic mass is 35.5. The molecule has 0 aliphatic rings. The lowest BCUT2D eigenvalue weighted by atomic mass is 10.0. The molecule has 7 nitrogen and oxygen atoms in total. The van der Waals surface area contributed by atoms with Crippen LogP contribution in [-0.4, -0.2) is 34.7 Å². The number of rotatable bonds is 11. The molecule has 0 spiro atoms. The van der Waals surface area contributed by atoms with Crippen LogP contribution in [0.15, 0.2) is 95.4 Å². The number of hydrogen-bond donors (Lipinski definition) is 2. The number of ketones is 1. The highest BCUT2D eigenvalue weighted by molar-refractivity contribution is 6.33. The number of nitrogens with zero attached hydrogens (tertiary/aromatic N) is 1. The molecule has 2 unspecified atom stereocenters. The van der Waals surface area contributed by atoms with Crippen LogP contribution in [0.25, 0.3) is 22.2 Å². The predicted octanol–water partition coefficient (Wildman–Crippen LogP) is 6.94. The van der Waals surface area contributed by atoms with Crippen molar-refractivity contribution in [1.29, 1.82) is 0 Å². The summed E-state index contributed by atoms with van der Waals surface area (Å²) in [6, 6.07) is 21.5. The third kappa shape index (κ3) is 6.84. The van der Waals surface area contributed by atoms with E-state index < -0.39 is 47.7 Å². The molecule has 4 aromatic carbocycles. The molecular weight excluding hydrogens is 588 g/mol. The number of nitrogens with one attached hydrogen (secondary N) is 2. The topological polar surface area (TPSA) is 101 Å². The molecule has 1 aromatic heterocycles. The SMILES string of the molecule is CCCC(NC(=O)C(Cc1c(F)cccc1F)NC(=O)c1ccc(-c2ccccc2Cl)cc1)C(=O)c1nc2ccccc2o1. The fourth-order valence-corrected chi connectivity index (χ4v) is 5.08. The zero-order chi connectivity index (χ0) is 31.2. The van der Waals surface area contributed by atoms with Gasteiger partial charge in [-0.15, -0.1) is 0 Å². The molecule has 10 heteroatoms. The molecule has 2 amide bonds. The molecule has 2 N–H and O–H groups in total. The molecule has 0 bridgehead atoms. The van der Waals surface area contributed by atoms with Gasteiger partial charge in [0.1, 0.15) is 23.2 Å². The molecule has 0 fully saturated rings. The summed E-state index contributed by atoms with van der Waals surface area (Å²) in [7, 11) is 0. The maximum Gasteiger partial charge on any atom is 0.266 e. The first-order valence-corrected chi connectivity index (χ1v) is 14.4. The second kappa shape index (κ2) is 13.6. The number of carbonyl (C=O) groups excluding carboxylic acids is 3. The zero-order valence-electron chi connectivity index (χ0n) is 23.7. The number of hydrogen-bond acceptors (Lipinski definition) is 5. The molecule has 0 radical (unpaired) electrons. The summed E-state index contributed by atoms with van der Waals surface area (Å²) in [5.74, 6) is -3.91. The minimum absolute atomic E-state index is 0.177. The van der Waals surface area contributed by atoms with E-state index in [0.717, 1.165) is 23.3 Å². The third-order valence-corrected chi connectivity index (χ3v) is 7.47. The van der Waals surface area contributed by atoms with Crippen LogP contribution in [0.3, 0.4) is 0 Å². The molecule has 0 saturated heterocycles. The summed E-state index contributed by atoms with van der Waals surface area (Å²) in [6.45, 7) is 1.83. The molecule has 2 atom stereocenters. The van der Waals surface area contributed by atoms with E-state index in [-0.39, 0.29) is 23.4 Å². The first-order chi connectivity index (χ1) is 21.2. The Kier molecular flexibility index (Phi) is 9.45. The normalized spacial score (nSPS) is 12.5. The Labute approximate surface area is 257 Å². The van der Waals surface area contributed by atoms with Crippen molar-refractivity contribution in [3.8, 4) is 11.1 Å². The van der Waals surface area contributed by atoms with Crippen molar-refractivity contribution >= 4 is 40.3 Å². The molecule has 5 aromatic rings. The fraction of sp³-hybridized carbons (Fsp3) is 0.176. The molecule has 5 rings (SSSR count). The van der Waals surface area contributed by atoms with Crippen LogP contribution >= 0.6 is 11.6 Å². The van der Waals surface area contributed by atoms with Crippen LogP contribution in [0.2, 0.25) is 5.02 Å². The van der Waals surface area contributed by atoms with Gasteiger partial charge in [-0.3, -0.25) is 14.4 Å². The monoisotopic (exact) mass is 615 g/mol. The number of fused-ring (bicyclic) bond motifs is 1. The minimum Gasteiger partial charge on any atom is -0.434 e. The van der Waals surface area contributed by atoms with E-state index in [9.17, 15) is 23.2 Å². The predicted molar refractivity (Wildman–Crippen MR) is 163 cm³/mol. The molecule has 0 aliphatic heterocycles. The molecule has 44 heavy (non-hydrogen) atoms. The Morgan fingerprint density at radius 3 is 2.20 bits per heavy atom. The summed E-state index contributed by atoms with van der Waals surface area (Å²) < 4.78 is 34.9. The van der Waals surface area contributed by atoms with Gasteiger partial charge in [0.05, 0.1) is 6.04 Å². The molecule has 0 saturated carbocycles. The maximum absolute atomic E-state index is 14.6. The van der Waals surface area contributed by atoms with Crippen LogP contribution in [0.4, 0.5) is 8.78 Å². The van der Waals surface area contributed by atoms with Crippen LogP contribution in [0, 0.1) is 11.6 Å². The van der Waals surface area contributed by atoms with Crippen molar-refractivity contribution in [1.82, 2.24) is 15.6 Å². The summed E-state index contributed by atoms with van der Waals surface area (Å²) in [6.07, 6.45) is 0.263. The molecule has 0 aliphatic carbocycles. The van der Waals surface area contributed by atoms with Crippen LogP contribution in [0.1, 0.15) is 46.4 Å². The average Bonchev–Trinajstić information content (AvgIpc) is 3.46. The summed E-state index contributed by atoms with van der Waals surface area (Å²) >= 11 is 6.29. The Morgan fingerprint density at radius 2 is 1.52 bits per heavy atom. The second-order valence-corrected chi connectivity index (χ2v) is 10.6. The standard InChI is InChI=1S/C34H28ClF2N3O4/c1-2-8-28(31(41)34-40-27-13-5-6-14-30(27)44-34)38-33(43)29(19-23-25(36)11-7-12-26(23)37)39-32(42)21-17-15-20(16-18-21)22-9-3-4-10-24(22)35/h3-7,9-18,28-29H,2,8,19H2,1H3,(H,38,43)(H,39,42). The van der Waals surface area contributed by atoms with E-state index in [1.165, 1.54) is 6.07 Å². The van der Waals surface area contributed by atoms with Crippen LogP contribution in [-0.2, 0) is 11.2 Å². The lowest BCUT2D eigenvalue weighted by Gasteiger charge is -2.22.